The van der Waals surface area contributed by atoms with Crippen LogP contribution < -0.4 is 0 Å². The van der Waals surface area contributed by atoms with E-state index in [0.29, 0.717) is 0 Å². The standard InChI is InChI=1S/C11H9ClNO2/c12-13(8-9-14)11(15)7-6-10-4-2-1-3-5-10/h1-7H,8H2/b7-6+. The zero-order valence-electron chi connectivity index (χ0n) is 7.89. The normalized spacial score (nSPS) is 10.2. The molecule has 77 valence electrons. The topological polar surface area (TPSA) is 37.4 Å². The molecule has 0 saturated heterocycles. The van der Waals surface area contributed by atoms with E-state index in [4.69, 9.17) is 11.8 Å². The van der Waals surface area contributed by atoms with Gasteiger partial charge in [0.1, 0.15) is 6.54 Å². The van der Waals surface area contributed by atoms with Gasteiger partial charge in [0.25, 0.3) is 5.91 Å². The second-order valence-electron chi connectivity index (χ2n) is 2.75. The summed E-state index contributed by atoms with van der Waals surface area (Å²) in [5, 5.41) is 0. The maximum atomic E-state index is 11.2. The molecule has 0 aliphatic rings. The van der Waals surface area contributed by atoms with Gasteiger partial charge in [-0.25, -0.2) is 4.42 Å². The monoisotopic (exact) mass is 222 g/mol. The van der Waals surface area contributed by atoms with E-state index in [1.165, 1.54) is 12.4 Å². The summed E-state index contributed by atoms with van der Waals surface area (Å²) in [6.07, 6.45) is 4.47. The number of hydrogen-bond acceptors (Lipinski definition) is 2. The fourth-order valence-corrected chi connectivity index (χ4v) is 1.05. The molecule has 0 fully saturated rings. The highest BCUT2D eigenvalue weighted by Gasteiger charge is 2.05. The number of nitrogens with zero attached hydrogens (tertiary/aromatic N) is 1. The summed E-state index contributed by atoms with van der Waals surface area (Å²) < 4.78 is 0.770. The second-order valence-corrected chi connectivity index (χ2v) is 3.15. The first kappa shape index (κ1) is 11.5. The average molecular weight is 223 g/mol. The summed E-state index contributed by atoms with van der Waals surface area (Å²) in [4.78, 5) is 21.2. The quantitative estimate of drug-likeness (QED) is 0.575. The van der Waals surface area contributed by atoms with Crippen LogP contribution in [-0.4, -0.2) is 23.2 Å². The molecule has 0 heterocycles. The summed E-state index contributed by atoms with van der Waals surface area (Å²) in [5.74, 6) is -0.441. The van der Waals surface area contributed by atoms with Crippen LogP contribution in [-0.2, 0) is 9.59 Å². The fraction of sp³-hybridized carbons (Fsp3) is 0.0909. The van der Waals surface area contributed by atoms with Gasteiger partial charge in [-0.1, -0.05) is 30.3 Å². The molecular weight excluding hydrogens is 214 g/mol. The van der Waals surface area contributed by atoms with Crippen LogP contribution in [0.25, 0.3) is 6.08 Å². The lowest BCUT2D eigenvalue weighted by molar-refractivity contribution is -0.121. The van der Waals surface area contributed by atoms with E-state index in [0.717, 1.165) is 9.98 Å². The SMILES string of the molecule is O=[C]CN(Cl)C(=O)/C=C/c1ccccc1. The Morgan fingerprint density at radius 1 is 1.40 bits per heavy atom. The van der Waals surface area contributed by atoms with E-state index in [1.54, 1.807) is 6.08 Å². The van der Waals surface area contributed by atoms with E-state index < -0.39 is 5.91 Å². The molecule has 4 heteroatoms. The summed E-state index contributed by atoms with van der Waals surface area (Å²) in [6, 6.07) is 9.32. The minimum absolute atomic E-state index is 0.237. The number of rotatable bonds is 4. The van der Waals surface area contributed by atoms with Crippen molar-refractivity contribution in [3.8, 4) is 0 Å². The molecule has 0 aromatic heterocycles. The van der Waals surface area contributed by atoms with Crippen LogP contribution in [0, 0.1) is 0 Å². The summed E-state index contributed by atoms with van der Waals surface area (Å²) in [7, 11) is 0. The molecule has 1 radical (unpaired) electrons. The molecule has 3 nitrogen and oxygen atoms in total. The van der Waals surface area contributed by atoms with E-state index in [2.05, 4.69) is 0 Å². The third-order valence-corrected chi connectivity index (χ3v) is 1.95. The molecule has 0 aliphatic heterocycles. The van der Waals surface area contributed by atoms with Crippen molar-refractivity contribution in [3.05, 3.63) is 42.0 Å². The Balaban J connectivity index is 2.58. The van der Waals surface area contributed by atoms with Gasteiger partial charge in [-0.05, 0) is 11.6 Å². The second kappa shape index (κ2) is 5.98. The molecule has 0 saturated carbocycles. The van der Waals surface area contributed by atoms with Crippen molar-refractivity contribution < 1.29 is 9.59 Å². The van der Waals surface area contributed by atoms with Crippen LogP contribution in [0.5, 0.6) is 0 Å². The molecule has 1 aromatic carbocycles. The molecular formula is C11H9ClNO2. The number of carbonyl (C=O) groups excluding carboxylic acids is 2. The first-order valence-electron chi connectivity index (χ1n) is 4.29. The molecule has 15 heavy (non-hydrogen) atoms. The van der Waals surface area contributed by atoms with Crippen molar-refractivity contribution in [1.82, 2.24) is 4.42 Å². The van der Waals surface area contributed by atoms with Crippen molar-refractivity contribution in [2.45, 2.75) is 0 Å². The number of amides is 1. The van der Waals surface area contributed by atoms with E-state index in [1.807, 2.05) is 30.3 Å². The Hall–Kier alpha value is -1.61. The molecule has 1 aromatic rings. The van der Waals surface area contributed by atoms with Crippen molar-refractivity contribution in [1.29, 1.82) is 0 Å². The van der Waals surface area contributed by atoms with Gasteiger partial charge in [-0.2, -0.15) is 0 Å². The lowest BCUT2D eigenvalue weighted by Crippen LogP contribution is -2.20. The molecule has 0 atom stereocenters. The maximum Gasteiger partial charge on any atom is 0.261 e. The maximum absolute atomic E-state index is 11.2. The lowest BCUT2D eigenvalue weighted by Gasteiger charge is -2.05. The molecule has 1 rings (SSSR count). The molecule has 0 bridgehead atoms. The Morgan fingerprint density at radius 3 is 2.67 bits per heavy atom. The highest BCUT2D eigenvalue weighted by molar-refractivity contribution is 6.24. The Morgan fingerprint density at radius 2 is 2.07 bits per heavy atom. The Labute approximate surface area is 93.1 Å². The van der Waals surface area contributed by atoms with Crippen LogP contribution in [0.4, 0.5) is 0 Å². The van der Waals surface area contributed by atoms with Gasteiger partial charge in [0.2, 0.25) is 6.29 Å². The van der Waals surface area contributed by atoms with Gasteiger partial charge in [-0.15, -0.1) is 0 Å². The number of benzene rings is 1. The van der Waals surface area contributed by atoms with Crippen LogP contribution in [0.1, 0.15) is 5.56 Å². The van der Waals surface area contributed by atoms with Crippen LogP contribution in [0.15, 0.2) is 36.4 Å². The zero-order valence-corrected chi connectivity index (χ0v) is 8.65. The van der Waals surface area contributed by atoms with Gasteiger partial charge in [-0.3, -0.25) is 9.59 Å². The summed E-state index contributed by atoms with van der Waals surface area (Å²) in [6.45, 7) is -0.237. The number of halogens is 1. The predicted octanol–water partition coefficient (Wildman–Crippen LogP) is 1.79. The van der Waals surface area contributed by atoms with E-state index >= 15 is 0 Å². The van der Waals surface area contributed by atoms with Crippen molar-refractivity contribution >= 4 is 30.0 Å². The average Bonchev–Trinajstić information content (AvgIpc) is 2.27. The smallest absolute Gasteiger partial charge is 0.261 e. The Bertz CT molecular complexity index is 362. The summed E-state index contributed by atoms with van der Waals surface area (Å²) >= 11 is 5.47. The largest absolute Gasteiger partial charge is 0.289 e. The first-order valence-corrected chi connectivity index (χ1v) is 4.63. The molecule has 0 spiro atoms. The third-order valence-electron chi connectivity index (χ3n) is 1.66. The molecule has 1 amide bonds. The summed E-state index contributed by atoms with van der Waals surface area (Å²) in [5.41, 5.74) is 0.894. The predicted molar refractivity (Wildman–Crippen MR) is 58.7 cm³/mol. The van der Waals surface area contributed by atoms with Crippen molar-refractivity contribution in [3.63, 3.8) is 0 Å². The van der Waals surface area contributed by atoms with Gasteiger partial charge in [0, 0.05) is 17.9 Å². The van der Waals surface area contributed by atoms with E-state index in [9.17, 15) is 9.59 Å². The first-order chi connectivity index (χ1) is 7.24. The molecule has 0 N–H and O–H groups in total. The highest BCUT2D eigenvalue weighted by Crippen LogP contribution is 2.02. The Kier molecular flexibility index (Phi) is 4.57. The third kappa shape index (κ3) is 3.95. The van der Waals surface area contributed by atoms with Crippen LogP contribution in [0.2, 0.25) is 0 Å². The molecule has 0 aliphatic carbocycles. The van der Waals surface area contributed by atoms with Crippen LogP contribution in [0.3, 0.4) is 0 Å². The van der Waals surface area contributed by atoms with Gasteiger partial charge < -0.3 is 0 Å². The van der Waals surface area contributed by atoms with Crippen molar-refractivity contribution in [2.24, 2.45) is 0 Å². The van der Waals surface area contributed by atoms with Gasteiger partial charge in [0.05, 0.1) is 0 Å². The van der Waals surface area contributed by atoms with Gasteiger partial charge in [0.15, 0.2) is 0 Å². The van der Waals surface area contributed by atoms with Crippen molar-refractivity contribution in [2.75, 3.05) is 6.54 Å². The molecule has 0 unspecified atom stereocenters. The lowest BCUT2D eigenvalue weighted by atomic mass is 10.2. The number of carbonyl (C=O) groups is 1. The highest BCUT2D eigenvalue weighted by atomic mass is 35.5. The zero-order chi connectivity index (χ0) is 11.1. The van der Waals surface area contributed by atoms with E-state index in [-0.39, 0.29) is 6.54 Å². The fourth-order valence-electron chi connectivity index (χ4n) is 0.947. The van der Waals surface area contributed by atoms with Crippen LogP contribution >= 0.6 is 11.8 Å². The number of hydrogen-bond donors (Lipinski definition) is 0. The minimum atomic E-state index is -0.441. The van der Waals surface area contributed by atoms with Gasteiger partial charge >= 0.3 is 0 Å². The minimum Gasteiger partial charge on any atom is -0.289 e.